The van der Waals surface area contributed by atoms with Crippen molar-refractivity contribution in [3.05, 3.63) is 0 Å². The molecule has 0 fully saturated rings. The average Bonchev–Trinajstić information content (AvgIpc) is 2.31. The van der Waals surface area contributed by atoms with Crippen molar-refractivity contribution in [3.8, 4) is 0 Å². The molecule has 18 heavy (non-hydrogen) atoms. The molecule has 0 bridgehead atoms. The summed E-state index contributed by atoms with van der Waals surface area (Å²) >= 11 is 5.56. The van der Waals surface area contributed by atoms with Crippen LogP contribution in [0.4, 0.5) is 0 Å². The monoisotopic (exact) mass is 283 g/mol. The first-order valence-corrected chi connectivity index (χ1v) is 6.86. The summed E-state index contributed by atoms with van der Waals surface area (Å²) in [5.74, 6) is -0.306. The third kappa shape index (κ3) is 29.6. The molecule has 0 atom stereocenters. The Morgan fingerprint density at radius 1 is 1.06 bits per heavy atom. The molecule has 110 valence electrons. The Morgan fingerprint density at radius 2 is 1.56 bits per heavy atom. The maximum absolute atomic E-state index is 8.89. The van der Waals surface area contributed by atoms with Crippen LogP contribution in [0.25, 0.3) is 0 Å². The van der Waals surface area contributed by atoms with Crippen LogP contribution in [0.5, 0.6) is 0 Å². The molecule has 0 spiro atoms. The van der Waals surface area contributed by atoms with Crippen LogP contribution in [0.2, 0.25) is 0 Å². The second-order valence-electron chi connectivity index (χ2n) is 3.67. The Balaban J connectivity index is 0. The van der Waals surface area contributed by atoms with Crippen molar-refractivity contribution < 1.29 is 25.1 Å². The van der Waals surface area contributed by atoms with E-state index in [1.54, 1.807) is 0 Å². The molecule has 0 saturated heterocycles. The molecule has 0 aromatic carbocycles. The number of carboxylic acid groups (broad SMARTS) is 1. The maximum Gasteiger partial charge on any atom is 0.0977 e. The smallest absolute Gasteiger partial charge is 0.0977 e. The minimum absolute atomic E-state index is 0.692. The number of aliphatic carboxylic acids is 1. The van der Waals surface area contributed by atoms with Gasteiger partial charge >= 0.3 is 0 Å². The molecule has 6 heteroatoms. The lowest BCUT2D eigenvalue weighted by atomic mass is 10.2. The van der Waals surface area contributed by atoms with E-state index in [-0.39, 0.29) is 0 Å². The number of ether oxygens (including phenoxy) is 2. The lowest BCUT2D eigenvalue weighted by Crippen LogP contribution is -2.52. The van der Waals surface area contributed by atoms with Crippen molar-refractivity contribution in [3.63, 3.8) is 0 Å². The van der Waals surface area contributed by atoms with Gasteiger partial charge in [0, 0.05) is 18.5 Å². The van der Waals surface area contributed by atoms with E-state index in [4.69, 9.17) is 31.0 Å². The van der Waals surface area contributed by atoms with E-state index in [9.17, 15) is 0 Å². The molecule has 3 N–H and O–H groups in total. The summed E-state index contributed by atoms with van der Waals surface area (Å²) in [6.45, 7) is 4.78. The van der Waals surface area contributed by atoms with Gasteiger partial charge in [0.1, 0.15) is 0 Å². The van der Waals surface area contributed by atoms with Gasteiger partial charge in [-0.15, -0.1) is 11.6 Å². The summed E-state index contributed by atoms with van der Waals surface area (Å²) in [5, 5.41) is 8.89. The van der Waals surface area contributed by atoms with E-state index in [0.29, 0.717) is 13.2 Å². The summed E-state index contributed by atoms with van der Waals surface area (Å²) in [4.78, 5) is 8.89. The third-order valence-electron chi connectivity index (χ3n) is 1.83. The second kappa shape index (κ2) is 19.0. The lowest BCUT2D eigenvalue weighted by molar-refractivity contribution is -0.374. The summed E-state index contributed by atoms with van der Waals surface area (Å²) < 4.78 is 10.6. The molecule has 0 amide bonds. The van der Waals surface area contributed by atoms with Gasteiger partial charge in [0.2, 0.25) is 0 Å². The highest BCUT2D eigenvalue weighted by Gasteiger charge is 1.91. The van der Waals surface area contributed by atoms with Crippen molar-refractivity contribution in [1.29, 1.82) is 0 Å². The minimum Gasteiger partial charge on any atom is -0.550 e. The van der Waals surface area contributed by atoms with Gasteiger partial charge in [0.05, 0.1) is 26.4 Å². The van der Waals surface area contributed by atoms with Gasteiger partial charge in [-0.1, -0.05) is 12.8 Å². The summed E-state index contributed by atoms with van der Waals surface area (Å²) in [7, 11) is 0. The fourth-order valence-corrected chi connectivity index (χ4v) is 1.27. The largest absolute Gasteiger partial charge is 0.550 e. The van der Waals surface area contributed by atoms with Gasteiger partial charge in [-0.2, -0.15) is 0 Å². The highest BCUT2D eigenvalue weighted by molar-refractivity contribution is 6.17. The molecule has 0 heterocycles. The lowest BCUT2D eigenvalue weighted by Gasteiger charge is -2.04. The number of carboxylic acids is 1. The number of hydrogen-bond donors (Lipinski definition) is 1. The Labute approximate surface area is 115 Å². The first-order valence-electron chi connectivity index (χ1n) is 6.33. The van der Waals surface area contributed by atoms with Crippen molar-refractivity contribution in [2.75, 3.05) is 38.9 Å². The van der Waals surface area contributed by atoms with E-state index in [2.05, 4.69) is 5.73 Å². The SMILES string of the molecule is CC(=O)[O-].[NH3+]CCOCCOCCCCCCCl. The number of carbonyl (C=O) groups is 1. The zero-order chi connectivity index (χ0) is 14.1. The quantitative estimate of drug-likeness (QED) is 0.421. The summed E-state index contributed by atoms with van der Waals surface area (Å²) in [5.41, 5.74) is 3.68. The fourth-order valence-electron chi connectivity index (χ4n) is 1.08. The second-order valence-corrected chi connectivity index (χ2v) is 4.05. The molecule has 0 saturated carbocycles. The number of hydrogen-bond acceptors (Lipinski definition) is 4. The Bertz CT molecular complexity index is 154. The highest BCUT2D eigenvalue weighted by Crippen LogP contribution is 2.00. The van der Waals surface area contributed by atoms with Gasteiger partial charge in [0.15, 0.2) is 0 Å². The van der Waals surface area contributed by atoms with Crippen LogP contribution in [0.15, 0.2) is 0 Å². The number of carbonyl (C=O) groups excluding carboxylic acids is 1. The van der Waals surface area contributed by atoms with Gasteiger partial charge in [-0.25, -0.2) is 0 Å². The first-order chi connectivity index (χ1) is 8.65. The number of rotatable bonds is 11. The van der Waals surface area contributed by atoms with E-state index >= 15 is 0 Å². The Kier molecular flexibility index (Phi) is 21.1. The molecular formula is C12H26ClNO4. The molecule has 0 aromatic heterocycles. The molecule has 0 aromatic rings. The fraction of sp³-hybridized carbons (Fsp3) is 0.917. The van der Waals surface area contributed by atoms with Gasteiger partial charge < -0.3 is 25.1 Å². The number of alkyl halides is 1. The van der Waals surface area contributed by atoms with Gasteiger partial charge in [0.25, 0.3) is 0 Å². The number of unbranched alkanes of at least 4 members (excludes halogenated alkanes) is 3. The zero-order valence-electron chi connectivity index (χ0n) is 11.3. The molecule has 0 aliphatic carbocycles. The third-order valence-corrected chi connectivity index (χ3v) is 2.10. The van der Waals surface area contributed by atoms with Crippen molar-refractivity contribution in [2.45, 2.75) is 32.6 Å². The standard InChI is InChI=1S/C10H22ClNO2.C2H4O2/c11-5-3-1-2-4-7-13-9-10-14-8-6-12;1-2(3)4/h1-10,12H2;1H3,(H,3,4). The van der Waals surface area contributed by atoms with E-state index in [1.807, 2.05) is 0 Å². The van der Waals surface area contributed by atoms with Gasteiger partial charge in [-0.05, 0) is 19.8 Å². The normalized spacial score (nSPS) is 9.72. The van der Waals surface area contributed by atoms with Crippen LogP contribution >= 0.6 is 11.6 Å². The van der Waals surface area contributed by atoms with Crippen LogP contribution in [-0.4, -0.2) is 44.8 Å². The van der Waals surface area contributed by atoms with Crippen molar-refractivity contribution in [2.24, 2.45) is 0 Å². The number of quaternary nitrogens is 1. The highest BCUT2D eigenvalue weighted by atomic mass is 35.5. The van der Waals surface area contributed by atoms with Crippen molar-refractivity contribution in [1.82, 2.24) is 0 Å². The number of halogens is 1. The molecule has 0 aliphatic rings. The molecule has 0 rings (SSSR count). The molecule has 0 aliphatic heterocycles. The van der Waals surface area contributed by atoms with E-state index < -0.39 is 5.97 Å². The first kappa shape index (κ1) is 20.0. The predicted octanol–water partition coefficient (Wildman–Crippen LogP) is -0.183. The Hall–Kier alpha value is -0.360. The van der Waals surface area contributed by atoms with Crippen LogP contribution in [0.3, 0.4) is 0 Å². The maximum atomic E-state index is 8.89. The van der Waals surface area contributed by atoms with Crippen LogP contribution in [0.1, 0.15) is 32.6 Å². The summed E-state index contributed by atoms with van der Waals surface area (Å²) in [6, 6.07) is 0. The molecular weight excluding hydrogens is 258 g/mol. The molecule has 0 unspecified atom stereocenters. The average molecular weight is 284 g/mol. The predicted molar refractivity (Wildman–Crippen MR) is 69.3 cm³/mol. The zero-order valence-corrected chi connectivity index (χ0v) is 12.0. The van der Waals surface area contributed by atoms with Crippen molar-refractivity contribution >= 4 is 17.6 Å². The van der Waals surface area contributed by atoms with Crippen LogP contribution in [-0.2, 0) is 14.3 Å². The minimum atomic E-state index is -1.08. The summed E-state index contributed by atoms with van der Waals surface area (Å²) in [6.07, 6.45) is 4.68. The Morgan fingerprint density at radius 3 is 2.06 bits per heavy atom. The van der Waals surface area contributed by atoms with Crippen LogP contribution in [0, 0.1) is 0 Å². The topological polar surface area (TPSA) is 86.2 Å². The van der Waals surface area contributed by atoms with Crippen LogP contribution < -0.4 is 10.8 Å². The van der Waals surface area contributed by atoms with Gasteiger partial charge in [-0.3, -0.25) is 0 Å². The molecule has 0 radical (unpaired) electrons. The van der Waals surface area contributed by atoms with E-state index in [0.717, 1.165) is 45.4 Å². The molecule has 5 nitrogen and oxygen atoms in total. The van der Waals surface area contributed by atoms with E-state index in [1.165, 1.54) is 12.8 Å².